The molecule has 0 aliphatic carbocycles. The van der Waals surface area contributed by atoms with Crippen LogP contribution in [0.5, 0.6) is 0 Å². The fourth-order valence-corrected chi connectivity index (χ4v) is 4.08. The van der Waals surface area contributed by atoms with E-state index in [1.54, 1.807) is 29.2 Å². The fraction of sp³-hybridized carbons (Fsp3) is 0.423. The van der Waals surface area contributed by atoms with Crippen LogP contribution < -0.4 is 10.6 Å². The maximum absolute atomic E-state index is 14.0. The van der Waals surface area contributed by atoms with Crippen molar-refractivity contribution in [3.05, 3.63) is 71.0 Å². The minimum atomic E-state index is -0.710. The zero-order valence-corrected chi connectivity index (χ0v) is 19.4. The SMILES string of the molecule is CC[C@@H](C)NC(=O)[C@H](NC(=O)c1cccc(C)c1)C1CCN(C(=O)c2ccccc2F)CC1. The van der Waals surface area contributed by atoms with E-state index >= 15 is 0 Å². The Labute approximate surface area is 194 Å². The molecule has 1 aliphatic heterocycles. The van der Waals surface area contributed by atoms with E-state index in [1.807, 2.05) is 32.9 Å². The summed E-state index contributed by atoms with van der Waals surface area (Å²) in [5.41, 5.74) is 1.52. The Hall–Kier alpha value is -3.22. The van der Waals surface area contributed by atoms with Crippen molar-refractivity contribution in [2.45, 2.75) is 52.1 Å². The Morgan fingerprint density at radius 2 is 1.76 bits per heavy atom. The number of piperidine rings is 1. The van der Waals surface area contributed by atoms with Gasteiger partial charge in [0.15, 0.2) is 0 Å². The quantitative estimate of drug-likeness (QED) is 0.671. The Kier molecular flexibility index (Phi) is 8.20. The molecule has 33 heavy (non-hydrogen) atoms. The lowest BCUT2D eigenvalue weighted by molar-refractivity contribution is -0.125. The van der Waals surface area contributed by atoms with E-state index in [2.05, 4.69) is 10.6 Å². The molecule has 1 fully saturated rings. The molecule has 7 heteroatoms. The van der Waals surface area contributed by atoms with Crippen LogP contribution in [-0.4, -0.2) is 47.8 Å². The van der Waals surface area contributed by atoms with Gasteiger partial charge in [-0.3, -0.25) is 14.4 Å². The van der Waals surface area contributed by atoms with E-state index in [9.17, 15) is 18.8 Å². The molecule has 6 nitrogen and oxygen atoms in total. The van der Waals surface area contributed by atoms with E-state index in [4.69, 9.17) is 0 Å². The number of likely N-dealkylation sites (tertiary alicyclic amines) is 1. The highest BCUT2D eigenvalue weighted by Gasteiger charge is 2.35. The van der Waals surface area contributed by atoms with Crippen molar-refractivity contribution in [1.82, 2.24) is 15.5 Å². The summed E-state index contributed by atoms with van der Waals surface area (Å²) in [6.07, 6.45) is 1.85. The first-order valence-corrected chi connectivity index (χ1v) is 11.5. The van der Waals surface area contributed by atoms with Crippen LogP contribution in [0, 0.1) is 18.7 Å². The number of nitrogens with one attached hydrogen (secondary N) is 2. The van der Waals surface area contributed by atoms with E-state index in [0.29, 0.717) is 31.5 Å². The highest BCUT2D eigenvalue weighted by Crippen LogP contribution is 2.24. The van der Waals surface area contributed by atoms with Crippen molar-refractivity contribution < 1.29 is 18.8 Å². The first-order valence-electron chi connectivity index (χ1n) is 11.5. The molecule has 0 radical (unpaired) electrons. The third-order valence-corrected chi connectivity index (χ3v) is 6.25. The first kappa shape index (κ1) is 24.4. The average molecular weight is 454 g/mol. The standard InChI is InChI=1S/C26H32FN3O3/c1-4-18(3)28-25(32)23(29-24(31)20-9-7-8-17(2)16-20)19-12-14-30(15-13-19)26(33)21-10-5-6-11-22(21)27/h5-11,16,18-19,23H,4,12-15H2,1-3H3,(H,28,32)(H,29,31)/t18-,23-/m1/s1. The van der Waals surface area contributed by atoms with Gasteiger partial charge in [0.2, 0.25) is 5.91 Å². The summed E-state index contributed by atoms with van der Waals surface area (Å²) in [5.74, 6) is -1.54. The van der Waals surface area contributed by atoms with Crippen molar-refractivity contribution in [2.24, 2.45) is 5.92 Å². The van der Waals surface area contributed by atoms with Gasteiger partial charge in [-0.1, -0.05) is 36.8 Å². The van der Waals surface area contributed by atoms with Gasteiger partial charge in [0, 0.05) is 24.7 Å². The molecule has 3 amide bonds. The minimum Gasteiger partial charge on any atom is -0.352 e. The van der Waals surface area contributed by atoms with Crippen LogP contribution in [0.25, 0.3) is 0 Å². The van der Waals surface area contributed by atoms with Gasteiger partial charge in [-0.05, 0) is 63.3 Å². The van der Waals surface area contributed by atoms with Crippen LogP contribution >= 0.6 is 0 Å². The van der Waals surface area contributed by atoms with Crippen LogP contribution in [0.1, 0.15) is 59.4 Å². The molecule has 0 bridgehead atoms. The summed E-state index contributed by atoms with van der Waals surface area (Å²) in [5, 5.41) is 5.91. The van der Waals surface area contributed by atoms with E-state index in [-0.39, 0.29) is 35.2 Å². The number of nitrogens with zero attached hydrogens (tertiary/aromatic N) is 1. The van der Waals surface area contributed by atoms with Crippen molar-refractivity contribution in [3.8, 4) is 0 Å². The lowest BCUT2D eigenvalue weighted by atomic mass is 9.88. The summed E-state index contributed by atoms with van der Waals surface area (Å²) in [6.45, 7) is 6.60. The molecule has 1 saturated heterocycles. The second kappa shape index (κ2) is 11.1. The van der Waals surface area contributed by atoms with Crippen LogP contribution in [0.15, 0.2) is 48.5 Å². The number of rotatable bonds is 7. The van der Waals surface area contributed by atoms with Gasteiger partial charge in [0.05, 0.1) is 5.56 Å². The summed E-state index contributed by atoms with van der Waals surface area (Å²) < 4.78 is 14.0. The number of hydrogen-bond acceptors (Lipinski definition) is 3. The Morgan fingerprint density at radius 1 is 1.06 bits per heavy atom. The fourth-order valence-electron chi connectivity index (χ4n) is 4.08. The topological polar surface area (TPSA) is 78.5 Å². The van der Waals surface area contributed by atoms with Gasteiger partial charge in [0.1, 0.15) is 11.9 Å². The molecule has 1 aliphatic rings. The Morgan fingerprint density at radius 3 is 2.39 bits per heavy atom. The van der Waals surface area contributed by atoms with Crippen LogP contribution in [0.4, 0.5) is 4.39 Å². The number of carbonyl (C=O) groups is 3. The minimum absolute atomic E-state index is 0.0152. The van der Waals surface area contributed by atoms with Gasteiger partial charge in [0.25, 0.3) is 11.8 Å². The predicted octanol–water partition coefficient (Wildman–Crippen LogP) is 3.70. The van der Waals surface area contributed by atoms with Crippen molar-refractivity contribution in [3.63, 3.8) is 0 Å². The molecule has 176 valence electrons. The molecule has 0 unspecified atom stereocenters. The summed E-state index contributed by atoms with van der Waals surface area (Å²) >= 11 is 0. The number of halogens is 1. The van der Waals surface area contributed by atoms with E-state index < -0.39 is 11.9 Å². The van der Waals surface area contributed by atoms with Crippen LogP contribution in [-0.2, 0) is 4.79 Å². The second-order valence-electron chi connectivity index (χ2n) is 8.75. The highest BCUT2D eigenvalue weighted by atomic mass is 19.1. The zero-order valence-electron chi connectivity index (χ0n) is 19.4. The number of aryl methyl sites for hydroxylation is 1. The van der Waals surface area contributed by atoms with E-state index in [1.165, 1.54) is 12.1 Å². The van der Waals surface area contributed by atoms with Crippen LogP contribution in [0.3, 0.4) is 0 Å². The molecule has 1 heterocycles. The van der Waals surface area contributed by atoms with Crippen molar-refractivity contribution >= 4 is 17.7 Å². The van der Waals surface area contributed by atoms with Gasteiger partial charge in [-0.25, -0.2) is 4.39 Å². The number of hydrogen-bond donors (Lipinski definition) is 2. The number of benzene rings is 2. The maximum Gasteiger partial charge on any atom is 0.256 e. The van der Waals surface area contributed by atoms with Gasteiger partial charge in [-0.15, -0.1) is 0 Å². The summed E-state index contributed by atoms with van der Waals surface area (Å²) in [7, 11) is 0. The zero-order chi connectivity index (χ0) is 24.0. The summed E-state index contributed by atoms with van der Waals surface area (Å²) in [6, 6.07) is 12.4. The molecule has 0 aromatic heterocycles. The number of carbonyl (C=O) groups excluding carboxylic acids is 3. The lowest BCUT2D eigenvalue weighted by Gasteiger charge is -2.36. The van der Waals surface area contributed by atoms with Crippen molar-refractivity contribution in [1.29, 1.82) is 0 Å². The molecule has 3 rings (SSSR count). The molecule has 2 aromatic rings. The highest BCUT2D eigenvalue weighted by molar-refractivity contribution is 5.98. The molecule has 2 atom stereocenters. The molecule has 0 saturated carbocycles. The van der Waals surface area contributed by atoms with Crippen molar-refractivity contribution in [2.75, 3.05) is 13.1 Å². The smallest absolute Gasteiger partial charge is 0.256 e. The molecular formula is C26H32FN3O3. The largest absolute Gasteiger partial charge is 0.352 e. The molecule has 2 N–H and O–H groups in total. The average Bonchev–Trinajstić information content (AvgIpc) is 2.82. The van der Waals surface area contributed by atoms with E-state index in [0.717, 1.165) is 12.0 Å². The molecular weight excluding hydrogens is 421 g/mol. The van der Waals surface area contributed by atoms with Gasteiger partial charge < -0.3 is 15.5 Å². The predicted molar refractivity (Wildman–Crippen MR) is 125 cm³/mol. The molecule has 0 spiro atoms. The van der Waals surface area contributed by atoms with Gasteiger partial charge in [-0.2, -0.15) is 0 Å². The normalized spacial score (nSPS) is 16.1. The first-order chi connectivity index (χ1) is 15.8. The van der Waals surface area contributed by atoms with Crippen LogP contribution in [0.2, 0.25) is 0 Å². The molecule has 2 aromatic carbocycles. The number of amides is 3. The third-order valence-electron chi connectivity index (χ3n) is 6.25. The Bertz CT molecular complexity index is 1000. The second-order valence-corrected chi connectivity index (χ2v) is 8.75. The maximum atomic E-state index is 14.0. The van der Waals surface area contributed by atoms with Gasteiger partial charge >= 0.3 is 0 Å². The Balaban J connectivity index is 1.71. The monoisotopic (exact) mass is 453 g/mol. The third kappa shape index (κ3) is 6.18. The summed E-state index contributed by atoms with van der Waals surface area (Å²) in [4.78, 5) is 40.3. The lowest BCUT2D eigenvalue weighted by Crippen LogP contribution is -2.55.